The van der Waals surface area contributed by atoms with Gasteiger partial charge in [0.25, 0.3) is 4.06 Å². The third kappa shape index (κ3) is 1.07. The zero-order valence-electron chi connectivity index (χ0n) is 4.59. The molecular weight excluding hydrogens is 252 g/mol. The molecule has 1 nitrogen and oxygen atoms in total. The van der Waals surface area contributed by atoms with Crippen molar-refractivity contribution >= 4 is 58.7 Å². The molecule has 0 N–H and O–H groups in total. The van der Waals surface area contributed by atoms with Crippen LogP contribution in [0.5, 0.6) is 0 Å². The minimum absolute atomic E-state index is 0.189. The number of hydrogen-bond donors (Lipinski definition) is 0. The third-order valence-electron chi connectivity index (χ3n) is 1.01. The first-order valence-electron chi connectivity index (χ1n) is 2.45. The molecule has 0 aliphatic rings. The van der Waals surface area contributed by atoms with Gasteiger partial charge in [0.05, 0.1) is 8.49 Å². The van der Waals surface area contributed by atoms with Crippen LogP contribution in [-0.2, 0) is 0 Å². The van der Waals surface area contributed by atoms with Crippen LogP contribution in [0.4, 0.5) is 0 Å². The molecular formula is C5HBrOS3. The van der Waals surface area contributed by atoms with Crippen LogP contribution in [0.25, 0.3) is 8.71 Å². The van der Waals surface area contributed by atoms with E-state index in [1.54, 1.807) is 11.3 Å². The van der Waals surface area contributed by atoms with Gasteiger partial charge in [0.2, 0.25) is 0 Å². The number of halogens is 1. The zero-order valence-corrected chi connectivity index (χ0v) is 8.62. The molecule has 0 radical (unpaired) electrons. The summed E-state index contributed by atoms with van der Waals surface area (Å²) in [6.45, 7) is 0. The predicted octanol–water partition coefficient (Wildman–Crippen LogP) is 3.15. The van der Waals surface area contributed by atoms with Crippen LogP contribution in [0.2, 0.25) is 0 Å². The number of fused-ring (bicyclic) bond motifs is 1. The van der Waals surface area contributed by atoms with Gasteiger partial charge >= 0.3 is 0 Å². The van der Waals surface area contributed by atoms with Crippen LogP contribution in [-0.4, -0.2) is 0 Å². The van der Waals surface area contributed by atoms with Gasteiger partial charge in [-0.25, -0.2) is 0 Å². The van der Waals surface area contributed by atoms with Crippen LogP contribution in [0.15, 0.2) is 14.6 Å². The van der Waals surface area contributed by atoms with Crippen molar-refractivity contribution in [3.8, 4) is 0 Å². The van der Waals surface area contributed by atoms with E-state index >= 15 is 0 Å². The van der Waals surface area contributed by atoms with Crippen molar-refractivity contribution < 1.29 is 0 Å². The summed E-state index contributed by atoms with van der Waals surface area (Å²) in [5.74, 6) is 0. The van der Waals surface area contributed by atoms with E-state index in [-0.39, 0.29) is 4.06 Å². The van der Waals surface area contributed by atoms with Crippen LogP contribution in [0, 0.1) is 0 Å². The molecule has 0 aromatic carbocycles. The van der Waals surface area contributed by atoms with Gasteiger partial charge in [-0.3, -0.25) is 4.79 Å². The lowest BCUT2D eigenvalue weighted by Gasteiger charge is -1.66. The summed E-state index contributed by atoms with van der Waals surface area (Å²) in [5.41, 5.74) is 0. The van der Waals surface area contributed by atoms with E-state index in [0.717, 1.165) is 12.5 Å². The second kappa shape index (κ2) is 2.41. The van der Waals surface area contributed by atoms with Gasteiger partial charge in [-0.15, -0.1) is 11.3 Å². The molecule has 0 atom stereocenters. The molecule has 2 aromatic heterocycles. The lowest BCUT2D eigenvalue weighted by molar-refractivity contribution is 2.13. The van der Waals surface area contributed by atoms with Gasteiger partial charge in [-0.2, -0.15) is 0 Å². The first kappa shape index (κ1) is 6.97. The Hall–Kier alpha value is 0.290. The van der Waals surface area contributed by atoms with E-state index in [2.05, 4.69) is 15.9 Å². The van der Waals surface area contributed by atoms with Crippen LogP contribution >= 0.6 is 49.9 Å². The Bertz CT molecular complexity index is 375. The van der Waals surface area contributed by atoms with E-state index in [1.165, 1.54) is 22.7 Å². The minimum atomic E-state index is 0.189. The quantitative estimate of drug-likeness (QED) is 0.704. The number of thiophene rings is 1. The van der Waals surface area contributed by atoms with Gasteiger partial charge in [0.1, 0.15) is 4.01 Å². The molecule has 10 heavy (non-hydrogen) atoms. The molecule has 0 fully saturated rings. The van der Waals surface area contributed by atoms with E-state index in [1.807, 2.05) is 6.07 Å². The summed E-state index contributed by atoms with van der Waals surface area (Å²) < 4.78 is 3.52. The molecule has 0 unspecified atom stereocenters. The first-order valence-corrected chi connectivity index (χ1v) is 5.69. The lowest BCUT2D eigenvalue weighted by Crippen LogP contribution is -1.73. The normalized spacial score (nSPS) is 10.9. The maximum absolute atomic E-state index is 10.8. The average molecular weight is 253 g/mol. The summed E-state index contributed by atoms with van der Waals surface area (Å²) >= 11 is 7.62. The Morgan fingerprint density at radius 1 is 1.30 bits per heavy atom. The Morgan fingerprint density at radius 3 is 2.80 bits per heavy atom. The maximum atomic E-state index is 10.8. The summed E-state index contributed by atoms with van der Waals surface area (Å²) in [6, 6.07) is 1.99. The minimum Gasteiger partial charge on any atom is -0.265 e. The van der Waals surface area contributed by atoms with Gasteiger partial charge in [-0.05, 0) is 22.0 Å². The Kier molecular flexibility index (Phi) is 1.68. The molecule has 0 spiro atoms. The SMILES string of the molecule is O=c1sc2cc(Br)sc2s1. The van der Waals surface area contributed by atoms with E-state index < -0.39 is 0 Å². The van der Waals surface area contributed by atoms with Gasteiger partial charge in [-0.1, -0.05) is 22.7 Å². The largest absolute Gasteiger partial charge is 0.289 e. The molecule has 0 saturated heterocycles. The van der Waals surface area contributed by atoms with Crippen molar-refractivity contribution in [1.82, 2.24) is 0 Å². The van der Waals surface area contributed by atoms with Gasteiger partial charge in [0.15, 0.2) is 0 Å². The lowest BCUT2D eigenvalue weighted by atomic mass is 10.7. The first-order chi connectivity index (χ1) is 4.75. The summed E-state index contributed by atoms with van der Waals surface area (Å²) in [5, 5.41) is 0. The molecule has 52 valence electrons. The molecule has 0 saturated carbocycles. The third-order valence-corrected chi connectivity index (χ3v) is 4.98. The van der Waals surface area contributed by atoms with E-state index in [4.69, 9.17) is 0 Å². The maximum Gasteiger partial charge on any atom is 0.289 e. The zero-order chi connectivity index (χ0) is 7.14. The molecule has 5 heteroatoms. The van der Waals surface area contributed by atoms with Gasteiger partial charge < -0.3 is 0 Å². The highest BCUT2D eigenvalue weighted by atomic mass is 79.9. The number of rotatable bonds is 0. The van der Waals surface area contributed by atoms with E-state index in [9.17, 15) is 4.79 Å². The second-order valence-electron chi connectivity index (χ2n) is 1.66. The monoisotopic (exact) mass is 252 g/mol. The Labute approximate surface area is 77.1 Å². The van der Waals surface area contributed by atoms with E-state index in [0.29, 0.717) is 0 Å². The number of hydrogen-bond acceptors (Lipinski definition) is 4. The highest BCUT2D eigenvalue weighted by Gasteiger charge is 2.02. The molecule has 0 amide bonds. The standard InChI is InChI=1S/C5HBrOS3/c6-3-1-2-4(9-3)10-5(7)8-2/h1H. The molecule has 0 bridgehead atoms. The molecule has 2 rings (SSSR count). The van der Waals surface area contributed by atoms with Gasteiger partial charge in [0, 0.05) is 0 Å². The van der Waals surface area contributed by atoms with Crippen molar-refractivity contribution in [2.75, 3.05) is 0 Å². The molecule has 0 aliphatic heterocycles. The van der Waals surface area contributed by atoms with Crippen molar-refractivity contribution in [2.45, 2.75) is 0 Å². The predicted molar refractivity (Wildman–Crippen MR) is 51.5 cm³/mol. The molecule has 0 aliphatic carbocycles. The highest BCUT2D eigenvalue weighted by molar-refractivity contribution is 9.11. The van der Waals surface area contributed by atoms with Crippen molar-refractivity contribution in [1.29, 1.82) is 0 Å². The Morgan fingerprint density at radius 2 is 2.10 bits per heavy atom. The van der Waals surface area contributed by atoms with Crippen molar-refractivity contribution in [3.63, 3.8) is 0 Å². The highest BCUT2D eigenvalue weighted by Crippen LogP contribution is 2.33. The summed E-state index contributed by atoms with van der Waals surface area (Å²) in [6.07, 6.45) is 0. The smallest absolute Gasteiger partial charge is 0.265 e. The fourth-order valence-corrected chi connectivity index (χ4v) is 5.19. The topological polar surface area (TPSA) is 17.1 Å². The average Bonchev–Trinajstić information content (AvgIpc) is 2.21. The molecule has 2 aromatic rings. The van der Waals surface area contributed by atoms with Crippen LogP contribution in [0.1, 0.15) is 0 Å². The fraction of sp³-hybridized carbons (Fsp3) is 0. The second-order valence-corrected chi connectivity index (χ2v) is 6.60. The van der Waals surface area contributed by atoms with Crippen LogP contribution in [0.3, 0.4) is 0 Å². The Balaban J connectivity index is 2.95. The van der Waals surface area contributed by atoms with Crippen molar-refractivity contribution in [2.24, 2.45) is 0 Å². The van der Waals surface area contributed by atoms with Crippen LogP contribution < -0.4 is 4.06 Å². The summed E-state index contributed by atoms with van der Waals surface area (Å²) in [4.78, 5) is 10.8. The van der Waals surface area contributed by atoms with Crippen molar-refractivity contribution in [3.05, 3.63) is 18.7 Å². The fourth-order valence-electron chi connectivity index (χ4n) is 0.659. The summed E-state index contributed by atoms with van der Waals surface area (Å²) in [7, 11) is 0. The molecule has 2 heterocycles.